The Balaban J connectivity index is 2.87. The third-order valence-electron chi connectivity index (χ3n) is 2.96. The van der Waals surface area contributed by atoms with E-state index in [-0.39, 0.29) is 5.43 Å². The molecule has 0 spiro atoms. The number of nitrogens with zero attached hydrogens (tertiary/aromatic N) is 1. The molecule has 0 aliphatic rings. The van der Waals surface area contributed by atoms with Gasteiger partial charge in [-0.1, -0.05) is 0 Å². The molecule has 2 nitrogen and oxygen atoms in total. The average molecular weight is 255 g/mol. The Labute approximate surface area is 102 Å². The number of rotatable bonds is 1. The van der Waals surface area contributed by atoms with Crippen molar-refractivity contribution in [3.8, 4) is 0 Å². The molecule has 0 atom stereocenters. The Bertz CT molecular complexity index is 656. The summed E-state index contributed by atoms with van der Waals surface area (Å²) in [6, 6.07) is 4.66. The minimum atomic E-state index is -4.40. The van der Waals surface area contributed by atoms with Gasteiger partial charge in [-0.15, -0.1) is 0 Å². The fraction of sp³-hybridized carbons (Fsp3) is 0.308. The number of benzene rings is 1. The van der Waals surface area contributed by atoms with Crippen molar-refractivity contribution in [3.05, 3.63) is 45.7 Å². The molecule has 96 valence electrons. The molecule has 0 saturated carbocycles. The van der Waals surface area contributed by atoms with Crippen LogP contribution in [0.3, 0.4) is 0 Å². The molecule has 0 aliphatic heterocycles. The summed E-state index contributed by atoms with van der Waals surface area (Å²) in [5.41, 5.74) is 0.00905. The molecule has 0 N–H and O–H groups in total. The van der Waals surface area contributed by atoms with Crippen molar-refractivity contribution in [2.24, 2.45) is 0 Å². The van der Waals surface area contributed by atoms with Crippen molar-refractivity contribution in [2.45, 2.75) is 26.6 Å². The third kappa shape index (κ3) is 2.00. The lowest BCUT2D eigenvalue weighted by Crippen LogP contribution is -2.13. The van der Waals surface area contributed by atoms with Crippen molar-refractivity contribution in [1.82, 2.24) is 4.57 Å². The number of aromatic nitrogens is 1. The quantitative estimate of drug-likeness (QED) is 0.766. The van der Waals surface area contributed by atoms with E-state index in [0.717, 1.165) is 12.1 Å². The van der Waals surface area contributed by atoms with E-state index in [1.54, 1.807) is 11.5 Å². The molecule has 0 amide bonds. The first-order valence-electron chi connectivity index (χ1n) is 5.56. The Kier molecular flexibility index (Phi) is 2.92. The molecule has 5 heteroatoms. The number of pyridine rings is 1. The van der Waals surface area contributed by atoms with Gasteiger partial charge in [0.15, 0.2) is 5.43 Å². The summed E-state index contributed by atoms with van der Waals surface area (Å²) in [4.78, 5) is 11.7. The van der Waals surface area contributed by atoms with Crippen LogP contribution in [0.25, 0.3) is 10.9 Å². The average Bonchev–Trinajstić information content (AvgIpc) is 2.27. The van der Waals surface area contributed by atoms with Crippen LogP contribution in [0.4, 0.5) is 13.2 Å². The van der Waals surface area contributed by atoms with Crippen LogP contribution < -0.4 is 5.43 Å². The highest BCUT2D eigenvalue weighted by molar-refractivity contribution is 5.80. The fourth-order valence-corrected chi connectivity index (χ4v) is 2.09. The van der Waals surface area contributed by atoms with Crippen LogP contribution in [0.15, 0.2) is 29.1 Å². The van der Waals surface area contributed by atoms with Crippen molar-refractivity contribution in [1.29, 1.82) is 0 Å². The van der Waals surface area contributed by atoms with E-state index < -0.39 is 11.7 Å². The van der Waals surface area contributed by atoms with Crippen molar-refractivity contribution < 1.29 is 13.2 Å². The molecular weight excluding hydrogens is 243 g/mol. The number of fused-ring (bicyclic) bond motifs is 1. The van der Waals surface area contributed by atoms with Crippen molar-refractivity contribution in [3.63, 3.8) is 0 Å². The number of hydrogen-bond donors (Lipinski definition) is 0. The SMILES string of the molecule is CCn1c(C)cc(=O)c2ccc(C(F)(F)F)cc21. The third-order valence-corrected chi connectivity index (χ3v) is 2.96. The van der Waals surface area contributed by atoms with Crippen LogP contribution >= 0.6 is 0 Å². The zero-order valence-corrected chi connectivity index (χ0v) is 10.0. The molecule has 0 aliphatic carbocycles. The lowest BCUT2D eigenvalue weighted by atomic mass is 10.1. The topological polar surface area (TPSA) is 22.0 Å². The van der Waals surface area contributed by atoms with Gasteiger partial charge in [0, 0.05) is 23.7 Å². The van der Waals surface area contributed by atoms with Gasteiger partial charge in [0.25, 0.3) is 0 Å². The summed E-state index contributed by atoms with van der Waals surface area (Å²) in [5, 5.41) is 0.315. The van der Waals surface area contributed by atoms with Gasteiger partial charge in [-0.2, -0.15) is 13.2 Å². The van der Waals surface area contributed by atoms with Gasteiger partial charge in [0.1, 0.15) is 0 Å². The van der Waals surface area contributed by atoms with Crippen LogP contribution in [0.2, 0.25) is 0 Å². The van der Waals surface area contributed by atoms with E-state index in [9.17, 15) is 18.0 Å². The van der Waals surface area contributed by atoms with E-state index in [1.165, 1.54) is 12.1 Å². The van der Waals surface area contributed by atoms with Gasteiger partial charge in [-0.25, -0.2) is 0 Å². The zero-order chi connectivity index (χ0) is 13.5. The lowest BCUT2D eigenvalue weighted by Gasteiger charge is -2.14. The van der Waals surface area contributed by atoms with E-state index >= 15 is 0 Å². The maximum atomic E-state index is 12.7. The molecule has 0 bridgehead atoms. The summed E-state index contributed by atoms with van der Waals surface area (Å²) in [6.45, 7) is 4.06. The first kappa shape index (κ1) is 12.7. The van der Waals surface area contributed by atoms with Crippen LogP contribution in [0.1, 0.15) is 18.2 Å². The summed E-state index contributed by atoms with van der Waals surface area (Å²) in [7, 11) is 0. The second-order valence-corrected chi connectivity index (χ2v) is 4.12. The van der Waals surface area contributed by atoms with E-state index in [0.29, 0.717) is 23.1 Å². The van der Waals surface area contributed by atoms with E-state index in [2.05, 4.69) is 0 Å². The van der Waals surface area contributed by atoms with Gasteiger partial charge in [-0.05, 0) is 32.0 Å². The predicted octanol–water partition coefficient (Wildman–Crippen LogP) is 3.35. The maximum absolute atomic E-state index is 12.7. The normalized spacial score (nSPS) is 12.1. The second-order valence-electron chi connectivity index (χ2n) is 4.12. The molecule has 1 aromatic heterocycles. The standard InChI is InChI=1S/C13H12F3NO/c1-3-17-8(2)6-12(18)10-5-4-9(7-11(10)17)13(14,15)16/h4-7H,3H2,1-2H3. The number of hydrogen-bond acceptors (Lipinski definition) is 1. The van der Waals surface area contributed by atoms with Crippen molar-refractivity contribution in [2.75, 3.05) is 0 Å². The summed E-state index contributed by atoms with van der Waals surface area (Å²) < 4.78 is 39.7. The molecule has 0 saturated heterocycles. The van der Waals surface area contributed by atoms with Gasteiger partial charge in [-0.3, -0.25) is 4.79 Å². The van der Waals surface area contributed by atoms with Gasteiger partial charge in [0.2, 0.25) is 0 Å². The molecular formula is C13H12F3NO. The van der Waals surface area contributed by atoms with E-state index in [4.69, 9.17) is 0 Å². The van der Waals surface area contributed by atoms with Gasteiger partial charge < -0.3 is 4.57 Å². The van der Waals surface area contributed by atoms with Gasteiger partial charge in [0.05, 0.1) is 11.1 Å². The highest BCUT2D eigenvalue weighted by Gasteiger charge is 2.30. The van der Waals surface area contributed by atoms with Crippen LogP contribution in [-0.4, -0.2) is 4.57 Å². The zero-order valence-electron chi connectivity index (χ0n) is 10.0. The van der Waals surface area contributed by atoms with Crippen LogP contribution in [-0.2, 0) is 12.7 Å². The number of alkyl halides is 3. The fourth-order valence-electron chi connectivity index (χ4n) is 2.09. The van der Waals surface area contributed by atoms with E-state index in [1.807, 2.05) is 6.92 Å². The smallest absolute Gasteiger partial charge is 0.345 e. The minimum Gasteiger partial charge on any atom is -0.345 e. The highest BCUT2D eigenvalue weighted by atomic mass is 19.4. The maximum Gasteiger partial charge on any atom is 0.416 e. The highest BCUT2D eigenvalue weighted by Crippen LogP contribution is 2.31. The second kappa shape index (κ2) is 4.15. The molecule has 2 rings (SSSR count). The Morgan fingerprint density at radius 2 is 1.89 bits per heavy atom. The lowest BCUT2D eigenvalue weighted by molar-refractivity contribution is -0.137. The number of halogens is 3. The molecule has 2 aromatic rings. The Morgan fingerprint density at radius 3 is 2.44 bits per heavy atom. The summed E-state index contributed by atoms with van der Waals surface area (Å²) >= 11 is 0. The largest absolute Gasteiger partial charge is 0.416 e. The molecule has 0 unspecified atom stereocenters. The van der Waals surface area contributed by atoms with Crippen molar-refractivity contribution >= 4 is 10.9 Å². The predicted molar refractivity (Wildman–Crippen MR) is 63.6 cm³/mol. The Hall–Kier alpha value is -1.78. The first-order valence-corrected chi connectivity index (χ1v) is 5.56. The summed E-state index contributed by atoms with van der Waals surface area (Å²) in [5.74, 6) is 0. The Morgan fingerprint density at radius 1 is 1.22 bits per heavy atom. The molecule has 0 radical (unpaired) electrons. The van der Waals surface area contributed by atoms with Gasteiger partial charge >= 0.3 is 6.18 Å². The minimum absolute atomic E-state index is 0.249. The molecule has 1 aromatic carbocycles. The first-order chi connectivity index (χ1) is 8.34. The molecule has 18 heavy (non-hydrogen) atoms. The number of aryl methyl sites for hydroxylation is 2. The van der Waals surface area contributed by atoms with Crippen LogP contribution in [0.5, 0.6) is 0 Å². The molecule has 0 fully saturated rings. The summed E-state index contributed by atoms with van der Waals surface area (Å²) in [6.07, 6.45) is -4.40. The molecule has 1 heterocycles. The van der Waals surface area contributed by atoms with Crippen LogP contribution in [0, 0.1) is 6.92 Å². The monoisotopic (exact) mass is 255 g/mol.